The number of nitrogen functional groups attached to an aromatic ring is 1. The Kier molecular flexibility index (Phi) is 6.13. The van der Waals surface area contributed by atoms with Gasteiger partial charge in [0.05, 0.1) is 6.54 Å². The Labute approximate surface area is 167 Å². The van der Waals surface area contributed by atoms with E-state index in [9.17, 15) is 14.4 Å². The zero-order valence-corrected chi connectivity index (χ0v) is 16.1. The van der Waals surface area contributed by atoms with Crippen LogP contribution in [-0.4, -0.2) is 29.1 Å². The maximum absolute atomic E-state index is 12.4. The Morgan fingerprint density at radius 2 is 1.69 bits per heavy atom. The maximum atomic E-state index is 12.4. The van der Waals surface area contributed by atoms with Gasteiger partial charge in [-0.25, -0.2) is 4.79 Å². The highest BCUT2D eigenvalue weighted by atomic mass is 16.2. The molecule has 1 aromatic heterocycles. The molecule has 2 aromatic carbocycles. The predicted octanol–water partition coefficient (Wildman–Crippen LogP) is 1.63. The van der Waals surface area contributed by atoms with Gasteiger partial charge in [0.15, 0.2) is 0 Å². The summed E-state index contributed by atoms with van der Waals surface area (Å²) in [7, 11) is 1.66. The molecule has 29 heavy (non-hydrogen) atoms. The van der Waals surface area contributed by atoms with Gasteiger partial charge in [-0.3, -0.25) is 19.1 Å². The van der Waals surface area contributed by atoms with Crippen molar-refractivity contribution in [2.24, 2.45) is 0 Å². The van der Waals surface area contributed by atoms with Gasteiger partial charge in [0.1, 0.15) is 11.5 Å². The van der Waals surface area contributed by atoms with Crippen molar-refractivity contribution in [3.8, 4) is 0 Å². The zero-order valence-electron chi connectivity index (χ0n) is 16.1. The van der Waals surface area contributed by atoms with E-state index >= 15 is 0 Å². The van der Waals surface area contributed by atoms with E-state index in [4.69, 9.17) is 5.73 Å². The highest BCUT2D eigenvalue weighted by Gasteiger charge is 2.17. The molecule has 1 amide bonds. The van der Waals surface area contributed by atoms with Crippen molar-refractivity contribution in [2.75, 3.05) is 29.5 Å². The lowest BCUT2D eigenvalue weighted by molar-refractivity contribution is -0.116. The quantitative estimate of drug-likeness (QED) is 0.565. The molecule has 0 atom stereocenters. The molecule has 0 spiro atoms. The first-order chi connectivity index (χ1) is 14.0. The molecular weight excluding hydrogens is 370 g/mol. The van der Waals surface area contributed by atoms with Crippen LogP contribution in [0.4, 0.5) is 17.2 Å². The first kappa shape index (κ1) is 19.9. The molecule has 150 valence electrons. The molecule has 0 aliphatic rings. The van der Waals surface area contributed by atoms with Crippen LogP contribution < -0.4 is 27.2 Å². The number of hydrogen-bond donors (Lipinski definition) is 3. The molecule has 4 N–H and O–H groups in total. The number of para-hydroxylation sites is 1. The van der Waals surface area contributed by atoms with Gasteiger partial charge in [0, 0.05) is 25.7 Å². The van der Waals surface area contributed by atoms with Gasteiger partial charge < -0.3 is 16.0 Å². The van der Waals surface area contributed by atoms with E-state index in [0.717, 1.165) is 5.56 Å². The second-order valence-corrected chi connectivity index (χ2v) is 6.65. The van der Waals surface area contributed by atoms with Gasteiger partial charge >= 0.3 is 5.69 Å². The third-order valence-corrected chi connectivity index (χ3v) is 4.51. The number of amides is 1. The van der Waals surface area contributed by atoms with Crippen LogP contribution in [0.15, 0.2) is 70.3 Å². The summed E-state index contributed by atoms with van der Waals surface area (Å²) in [4.78, 5) is 40.7. The molecule has 0 saturated carbocycles. The van der Waals surface area contributed by atoms with Crippen molar-refractivity contribution in [2.45, 2.75) is 13.0 Å². The minimum absolute atomic E-state index is 0.0635. The SMILES string of the molecule is CN(CCC(=O)Nc1ccccc1)c1c(N)n(Cc2ccccc2)c(=O)[nH]c1=O. The van der Waals surface area contributed by atoms with E-state index in [-0.39, 0.29) is 36.9 Å². The number of hydrogen-bond acceptors (Lipinski definition) is 5. The summed E-state index contributed by atoms with van der Waals surface area (Å²) in [6.07, 6.45) is 0.155. The van der Waals surface area contributed by atoms with E-state index in [1.54, 1.807) is 24.1 Å². The normalized spacial score (nSPS) is 10.5. The number of carbonyl (C=O) groups is 1. The highest BCUT2D eigenvalue weighted by molar-refractivity contribution is 5.91. The van der Waals surface area contributed by atoms with Crippen molar-refractivity contribution in [1.29, 1.82) is 0 Å². The molecule has 8 nitrogen and oxygen atoms in total. The Hall–Kier alpha value is -3.81. The molecule has 0 aliphatic carbocycles. The Bertz CT molecular complexity index is 1090. The van der Waals surface area contributed by atoms with Crippen LogP contribution in [0.2, 0.25) is 0 Å². The van der Waals surface area contributed by atoms with Gasteiger partial charge in [-0.15, -0.1) is 0 Å². The topological polar surface area (TPSA) is 113 Å². The van der Waals surface area contributed by atoms with Crippen molar-refractivity contribution < 1.29 is 4.79 Å². The summed E-state index contributed by atoms with van der Waals surface area (Å²) < 4.78 is 1.31. The number of nitrogens with two attached hydrogens (primary N) is 1. The Balaban J connectivity index is 1.75. The second kappa shape index (κ2) is 8.92. The molecule has 0 unspecified atom stereocenters. The number of aromatic amines is 1. The molecule has 3 rings (SSSR count). The van der Waals surface area contributed by atoms with E-state index in [1.807, 2.05) is 48.5 Å². The molecule has 0 fully saturated rings. The number of nitrogens with zero attached hydrogens (tertiary/aromatic N) is 2. The van der Waals surface area contributed by atoms with Crippen LogP contribution >= 0.6 is 0 Å². The molecule has 0 radical (unpaired) electrons. The van der Waals surface area contributed by atoms with Gasteiger partial charge in [-0.1, -0.05) is 48.5 Å². The van der Waals surface area contributed by atoms with E-state index in [2.05, 4.69) is 10.3 Å². The summed E-state index contributed by atoms with van der Waals surface area (Å²) in [5.74, 6) is -0.121. The average molecular weight is 393 g/mol. The predicted molar refractivity (Wildman–Crippen MR) is 114 cm³/mol. The number of nitrogens with one attached hydrogen (secondary N) is 2. The van der Waals surface area contributed by atoms with E-state index < -0.39 is 11.2 Å². The fraction of sp³-hybridized carbons (Fsp3) is 0.190. The van der Waals surface area contributed by atoms with Gasteiger partial charge in [0.2, 0.25) is 5.91 Å². The summed E-state index contributed by atoms with van der Waals surface area (Å²) in [5, 5.41) is 2.79. The van der Waals surface area contributed by atoms with Crippen LogP contribution in [0, 0.1) is 0 Å². The standard InChI is InChI=1S/C21H23N5O3/c1-25(13-12-17(27)23-16-10-6-3-7-11-16)18-19(22)26(21(29)24-20(18)28)14-15-8-4-2-5-9-15/h2-11H,12-14,22H2,1H3,(H,23,27)(H,24,28,29). The molecule has 0 aliphatic heterocycles. The van der Waals surface area contributed by atoms with E-state index in [0.29, 0.717) is 5.69 Å². The van der Waals surface area contributed by atoms with Gasteiger partial charge in [0.25, 0.3) is 5.56 Å². The third kappa shape index (κ3) is 4.92. The van der Waals surface area contributed by atoms with E-state index in [1.165, 1.54) is 4.57 Å². The highest BCUT2D eigenvalue weighted by Crippen LogP contribution is 2.16. The number of aromatic nitrogens is 2. The minimum Gasteiger partial charge on any atom is -0.383 e. The lowest BCUT2D eigenvalue weighted by Crippen LogP contribution is -2.38. The smallest absolute Gasteiger partial charge is 0.330 e. The van der Waals surface area contributed by atoms with Crippen LogP contribution in [0.1, 0.15) is 12.0 Å². The maximum Gasteiger partial charge on any atom is 0.330 e. The molecule has 3 aromatic rings. The Morgan fingerprint density at radius 3 is 2.34 bits per heavy atom. The van der Waals surface area contributed by atoms with Crippen LogP contribution in [-0.2, 0) is 11.3 Å². The molecular formula is C21H23N5O3. The number of carbonyl (C=O) groups excluding carboxylic acids is 1. The lowest BCUT2D eigenvalue weighted by Gasteiger charge is -2.21. The van der Waals surface area contributed by atoms with Crippen LogP contribution in [0.25, 0.3) is 0 Å². The second-order valence-electron chi connectivity index (χ2n) is 6.65. The lowest BCUT2D eigenvalue weighted by atomic mass is 10.2. The van der Waals surface area contributed by atoms with Crippen molar-refractivity contribution in [3.63, 3.8) is 0 Å². The summed E-state index contributed by atoms with van der Waals surface area (Å²) in [5.41, 5.74) is 6.75. The van der Waals surface area contributed by atoms with Crippen LogP contribution in [0.3, 0.4) is 0 Å². The Morgan fingerprint density at radius 1 is 1.07 bits per heavy atom. The average Bonchev–Trinajstić information content (AvgIpc) is 2.71. The largest absolute Gasteiger partial charge is 0.383 e. The van der Waals surface area contributed by atoms with Crippen molar-refractivity contribution >= 4 is 23.1 Å². The summed E-state index contributed by atoms with van der Waals surface area (Å²) >= 11 is 0. The summed E-state index contributed by atoms with van der Waals surface area (Å²) in [6.45, 7) is 0.493. The van der Waals surface area contributed by atoms with Crippen molar-refractivity contribution in [1.82, 2.24) is 9.55 Å². The van der Waals surface area contributed by atoms with Gasteiger partial charge in [-0.2, -0.15) is 0 Å². The number of benzene rings is 2. The molecule has 8 heteroatoms. The number of H-pyrrole nitrogens is 1. The first-order valence-electron chi connectivity index (χ1n) is 9.18. The number of rotatable bonds is 7. The fourth-order valence-corrected chi connectivity index (χ4v) is 3.00. The molecule has 0 bridgehead atoms. The first-order valence-corrected chi connectivity index (χ1v) is 9.18. The monoisotopic (exact) mass is 393 g/mol. The summed E-state index contributed by atoms with van der Waals surface area (Å²) in [6, 6.07) is 18.5. The van der Waals surface area contributed by atoms with Gasteiger partial charge in [-0.05, 0) is 17.7 Å². The third-order valence-electron chi connectivity index (χ3n) is 4.51. The zero-order chi connectivity index (χ0) is 20.8. The van der Waals surface area contributed by atoms with Crippen LogP contribution in [0.5, 0.6) is 0 Å². The molecule has 0 saturated heterocycles. The molecule has 1 heterocycles. The fourth-order valence-electron chi connectivity index (χ4n) is 3.00. The minimum atomic E-state index is -0.581. The number of anilines is 3. The van der Waals surface area contributed by atoms with Crippen molar-refractivity contribution in [3.05, 3.63) is 87.1 Å².